The summed E-state index contributed by atoms with van der Waals surface area (Å²) in [6, 6.07) is 1.77. The third-order valence-electron chi connectivity index (χ3n) is 3.56. The van der Waals surface area contributed by atoms with E-state index in [9.17, 15) is 4.79 Å². The summed E-state index contributed by atoms with van der Waals surface area (Å²) in [5.41, 5.74) is 0. The first-order valence-electron chi connectivity index (χ1n) is 6.95. The number of amides is 1. The summed E-state index contributed by atoms with van der Waals surface area (Å²) in [5.74, 6) is 1.54. The summed E-state index contributed by atoms with van der Waals surface area (Å²) in [4.78, 5) is 26.2. The lowest BCUT2D eigenvalue weighted by molar-refractivity contribution is -0.119. The van der Waals surface area contributed by atoms with Crippen LogP contribution in [0.1, 0.15) is 12.2 Å². The number of imidazole rings is 1. The van der Waals surface area contributed by atoms with Gasteiger partial charge in [0.15, 0.2) is 12.0 Å². The predicted molar refractivity (Wildman–Crippen MR) is 77.8 cm³/mol. The van der Waals surface area contributed by atoms with Crippen molar-refractivity contribution < 1.29 is 4.79 Å². The fourth-order valence-electron chi connectivity index (χ4n) is 2.39. The molecular formula is C14H15N7O. The minimum Gasteiger partial charge on any atom is -0.310 e. The molecule has 0 spiro atoms. The Morgan fingerprint density at radius 2 is 2.36 bits per heavy atom. The molecule has 0 bridgehead atoms. The van der Waals surface area contributed by atoms with Gasteiger partial charge in [0.25, 0.3) is 0 Å². The van der Waals surface area contributed by atoms with E-state index < -0.39 is 0 Å². The van der Waals surface area contributed by atoms with E-state index in [1.165, 1.54) is 0 Å². The normalized spacial score (nSPS) is 17.3. The van der Waals surface area contributed by atoms with Crippen LogP contribution in [0.25, 0.3) is 5.82 Å². The van der Waals surface area contributed by atoms with E-state index in [1.54, 1.807) is 34.3 Å². The van der Waals surface area contributed by atoms with Crippen molar-refractivity contribution in [2.24, 2.45) is 5.92 Å². The maximum Gasteiger partial charge on any atom is 0.230 e. The van der Waals surface area contributed by atoms with E-state index in [4.69, 9.17) is 5.26 Å². The Labute approximate surface area is 127 Å². The Bertz CT molecular complexity index is 733. The number of hydrogen-bond donors (Lipinski definition) is 1. The molecule has 1 amide bonds. The molecule has 2 aromatic rings. The van der Waals surface area contributed by atoms with E-state index in [-0.39, 0.29) is 11.8 Å². The second-order valence-corrected chi connectivity index (χ2v) is 5.15. The van der Waals surface area contributed by atoms with Gasteiger partial charge in [-0.25, -0.2) is 15.0 Å². The van der Waals surface area contributed by atoms with Crippen molar-refractivity contribution in [3.63, 3.8) is 0 Å². The van der Waals surface area contributed by atoms with Gasteiger partial charge < -0.3 is 10.2 Å². The number of carbonyl (C=O) groups excluding carboxylic acids is 1. The van der Waals surface area contributed by atoms with Gasteiger partial charge in [-0.15, -0.1) is 0 Å². The van der Waals surface area contributed by atoms with Crippen LogP contribution in [0.15, 0.2) is 24.8 Å². The average Bonchev–Trinajstić information content (AvgIpc) is 3.16. The van der Waals surface area contributed by atoms with Crippen molar-refractivity contribution in [1.29, 1.82) is 5.26 Å². The lowest BCUT2D eigenvalue weighted by atomic mass is 10.1. The van der Waals surface area contributed by atoms with Gasteiger partial charge in [-0.05, 0) is 19.4 Å². The van der Waals surface area contributed by atoms with E-state index in [0.29, 0.717) is 37.0 Å². The first kappa shape index (κ1) is 14.0. The summed E-state index contributed by atoms with van der Waals surface area (Å²) in [6.07, 6.45) is 7.72. The predicted octanol–water partition coefficient (Wildman–Crippen LogP) is 0.712. The van der Waals surface area contributed by atoms with Gasteiger partial charge in [-0.3, -0.25) is 9.36 Å². The SMILES string of the molecule is Cc1nccc(-n2cnc(NC(=O)C3CCN(C#N)C3)c2)n1. The van der Waals surface area contributed by atoms with Gasteiger partial charge in [-0.2, -0.15) is 5.26 Å². The Hall–Kier alpha value is -2.95. The molecule has 3 heterocycles. The van der Waals surface area contributed by atoms with Crippen molar-refractivity contribution in [3.8, 4) is 12.0 Å². The highest BCUT2D eigenvalue weighted by Crippen LogP contribution is 2.17. The molecule has 2 aromatic heterocycles. The fraction of sp³-hybridized carbons (Fsp3) is 0.357. The first-order chi connectivity index (χ1) is 10.7. The number of rotatable bonds is 3. The Balaban J connectivity index is 1.67. The third-order valence-corrected chi connectivity index (χ3v) is 3.56. The molecule has 1 N–H and O–H groups in total. The van der Waals surface area contributed by atoms with Crippen molar-refractivity contribution in [2.75, 3.05) is 18.4 Å². The molecule has 1 aliphatic heterocycles. The zero-order valence-corrected chi connectivity index (χ0v) is 12.1. The number of nitriles is 1. The second-order valence-electron chi connectivity index (χ2n) is 5.15. The van der Waals surface area contributed by atoms with Crippen LogP contribution >= 0.6 is 0 Å². The summed E-state index contributed by atoms with van der Waals surface area (Å²) in [6.45, 7) is 2.90. The molecule has 3 rings (SSSR count). The van der Waals surface area contributed by atoms with Crippen molar-refractivity contribution in [2.45, 2.75) is 13.3 Å². The topological polar surface area (TPSA) is 99.7 Å². The zero-order valence-electron chi connectivity index (χ0n) is 12.1. The molecule has 0 aromatic carbocycles. The molecule has 0 radical (unpaired) electrons. The number of hydrogen-bond acceptors (Lipinski definition) is 6. The van der Waals surface area contributed by atoms with Crippen molar-refractivity contribution in [3.05, 3.63) is 30.6 Å². The molecule has 8 nitrogen and oxygen atoms in total. The largest absolute Gasteiger partial charge is 0.310 e. The van der Waals surface area contributed by atoms with E-state index in [0.717, 1.165) is 0 Å². The summed E-state index contributed by atoms with van der Waals surface area (Å²) in [7, 11) is 0. The Morgan fingerprint density at radius 3 is 3.09 bits per heavy atom. The number of likely N-dealkylation sites (tertiary alicyclic amines) is 1. The fourth-order valence-corrected chi connectivity index (χ4v) is 2.39. The maximum absolute atomic E-state index is 12.2. The minimum absolute atomic E-state index is 0.109. The van der Waals surface area contributed by atoms with E-state index >= 15 is 0 Å². The minimum atomic E-state index is -0.175. The van der Waals surface area contributed by atoms with Crippen molar-refractivity contribution in [1.82, 2.24) is 24.4 Å². The molecule has 0 saturated carbocycles. The van der Waals surface area contributed by atoms with Gasteiger partial charge in [0, 0.05) is 19.3 Å². The Morgan fingerprint density at radius 1 is 1.50 bits per heavy atom. The summed E-state index contributed by atoms with van der Waals surface area (Å²) < 4.78 is 1.72. The monoisotopic (exact) mass is 297 g/mol. The standard InChI is InChI=1S/C14H15N7O/c1-10-16-4-2-13(18-10)21-7-12(17-9-21)19-14(22)11-3-5-20(6-11)8-15/h2,4,7,9,11H,3,5-6H2,1H3,(H,19,22). The van der Waals surface area contributed by atoms with Gasteiger partial charge in [-0.1, -0.05) is 0 Å². The van der Waals surface area contributed by atoms with Gasteiger partial charge in [0.05, 0.1) is 12.1 Å². The summed E-state index contributed by atoms with van der Waals surface area (Å²) >= 11 is 0. The molecular weight excluding hydrogens is 282 g/mol. The third kappa shape index (κ3) is 2.88. The highest BCUT2D eigenvalue weighted by atomic mass is 16.2. The molecule has 22 heavy (non-hydrogen) atoms. The first-order valence-corrected chi connectivity index (χ1v) is 6.95. The number of carbonyl (C=O) groups is 1. The van der Waals surface area contributed by atoms with Crippen LogP contribution in [-0.2, 0) is 4.79 Å². The number of nitrogens with zero attached hydrogens (tertiary/aromatic N) is 6. The van der Waals surface area contributed by atoms with Crippen molar-refractivity contribution >= 4 is 11.7 Å². The smallest absolute Gasteiger partial charge is 0.230 e. The maximum atomic E-state index is 12.2. The molecule has 0 aliphatic carbocycles. The number of anilines is 1. The lowest BCUT2D eigenvalue weighted by Gasteiger charge is -2.08. The van der Waals surface area contributed by atoms with Gasteiger partial charge in [0.2, 0.25) is 5.91 Å². The number of aromatic nitrogens is 4. The van der Waals surface area contributed by atoms with Gasteiger partial charge in [0.1, 0.15) is 18.0 Å². The van der Waals surface area contributed by atoms with Crippen LogP contribution in [0.5, 0.6) is 0 Å². The van der Waals surface area contributed by atoms with Crippen LogP contribution in [0.3, 0.4) is 0 Å². The van der Waals surface area contributed by atoms with Crippen LogP contribution in [0.4, 0.5) is 5.82 Å². The second kappa shape index (κ2) is 5.81. The van der Waals surface area contributed by atoms with Crippen LogP contribution in [-0.4, -0.2) is 43.4 Å². The molecule has 1 fully saturated rings. The molecule has 1 aliphatic rings. The Kier molecular flexibility index (Phi) is 3.70. The lowest BCUT2D eigenvalue weighted by Crippen LogP contribution is -2.25. The number of nitrogens with one attached hydrogen (secondary N) is 1. The zero-order chi connectivity index (χ0) is 15.5. The van der Waals surface area contributed by atoms with Crippen LogP contribution in [0, 0.1) is 24.3 Å². The van der Waals surface area contributed by atoms with Gasteiger partial charge >= 0.3 is 0 Å². The molecule has 1 unspecified atom stereocenters. The highest BCUT2D eigenvalue weighted by Gasteiger charge is 2.28. The quantitative estimate of drug-likeness (QED) is 0.838. The van der Waals surface area contributed by atoms with E-state index in [1.807, 2.05) is 6.92 Å². The number of aryl methyl sites for hydroxylation is 1. The molecule has 1 atom stereocenters. The van der Waals surface area contributed by atoms with Crippen LogP contribution in [0.2, 0.25) is 0 Å². The molecule has 112 valence electrons. The molecule has 8 heteroatoms. The summed E-state index contributed by atoms with van der Waals surface area (Å²) in [5, 5.41) is 11.6. The molecule has 1 saturated heterocycles. The van der Waals surface area contributed by atoms with E-state index in [2.05, 4.69) is 26.5 Å². The highest BCUT2D eigenvalue weighted by molar-refractivity contribution is 5.92. The van der Waals surface area contributed by atoms with Crippen LogP contribution < -0.4 is 5.32 Å². The average molecular weight is 297 g/mol.